The van der Waals surface area contributed by atoms with Crippen LogP contribution in [0.5, 0.6) is 0 Å². The number of carbonyl (C=O) groups is 3. The molecule has 0 radical (unpaired) electrons. The van der Waals surface area contributed by atoms with Gasteiger partial charge < -0.3 is 19.1 Å². The van der Waals surface area contributed by atoms with Crippen molar-refractivity contribution in [3.8, 4) is 0 Å². The Hall–Kier alpha value is -2.39. The van der Waals surface area contributed by atoms with Crippen molar-refractivity contribution in [2.24, 2.45) is 11.3 Å². The molecule has 0 N–H and O–H groups in total. The summed E-state index contributed by atoms with van der Waals surface area (Å²) < 4.78 is 15.3. The summed E-state index contributed by atoms with van der Waals surface area (Å²) >= 11 is 0. The van der Waals surface area contributed by atoms with Gasteiger partial charge >= 0.3 is 18.0 Å². The standard InChI is InChI=1S/C18H30N2O8/c1-6-26-14(21)13(15(22)27-7-2)18(12-20(24)25)8-10-19(11-9-18)16(23)28-17(3,4)5/h13H,6-12H2,1-5H3. The van der Waals surface area contributed by atoms with Crippen LogP contribution in [-0.4, -0.2) is 66.3 Å². The van der Waals surface area contributed by atoms with Crippen LogP contribution in [0.1, 0.15) is 47.5 Å². The average molecular weight is 402 g/mol. The van der Waals surface area contributed by atoms with E-state index in [1.54, 1.807) is 34.6 Å². The zero-order chi connectivity index (χ0) is 21.5. The molecular formula is C18H30N2O8. The van der Waals surface area contributed by atoms with Gasteiger partial charge in [0.1, 0.15) is 5.60 Å². The molecule has 0 atom stereocenters. The predicted octanol–water partition coefficient (Wildman–Crippen LogP) is 2.02. The number of likely N-dealkylation sites (tertiary alicyclic amines) is 1. The summed E-state index contributed by atoms with van der Waals surface area (Å²) in [6, 6.07) is 0. The quantitative estimate of drug-likeness (QED) is 0.208. The summed E-state index contributed by atoms with van der Waals surface area (Å²) in [6.45, 7) is 8.11. The van der Waals surface area contributed by atoms with Gasteiger partial charge in [0.15, 0.2) is 5.92 Å². The number of hydrogen-bond acceptors (Lipinski definition) is 8. The van der Waals surface area contributed by atoms with E-state index >= 15 is 0 Å². The first-order valence-corrected chi connectivity index (χ1v) is 9.38. The number of esters is 2. The number of nitrogens with zero attached hydrogens (tertiary/aromatic N) is 2. The highest BCUT2D eigenvalue weighted by Crippen LogP contribution is 2.41. The zero-order valence-corrected chi connectivity index (χ0v) is 17.2. The number of nitro groups is 1. The minimum atomic E-state index is -1.42. The molecule has 0 aliphatic carbocycles. The van der Waals surface area contributed by atoms with Gasteiger partial charge in [0.2, 0.25) is 6.54 Å². The molecule has 10 heteroatoms. The van der Waals surface area contributed by atoms with E-state index in [4.69, 9.17) is 14.2 Å². The molecule has 0 spiro atoms. The van der Waals surface area contributed by atoms with E-state index in [1.807, 2.05) is 0 Å². The lowest BCUT2D eigenvalue weighted by Gasteiger charge is -2.41. The van der Waals surface area contributed by atoms with Gasteiger partial charge in [-0.15, -0.1) is 0 Å². The van der Waals surface area contributed by atoms with Crippen LogP contribution in [0.2, 0.25) is 0 Å². The monoisotopic (exact) mass is 402 g/mol. The zero-order valence-electron chi connectivity index (χ0n) is 17.2. The van der Waals surface area contributed by atoms with Crippen LogP contribution in [0, 0.1) is 21.4 Å². The highest BCUT2D eigenvalue weighted by Gasteiger charge is 2.54. The smallest absolute Gasteiger partial charge is 0.410 e. The number of hydrogen-bond donors (Lipinski definition) is 0. The van der Waals surface area contributed by atoms with Crippen molar-refractivity contribution in [2.45, 2.75) is 53.1 Å². The van der Waals surface area contributed by atoms with Crippen LogP contribution < -0.4 is 0 Å². The average Bonchev–Trinajstić information content (AvgIpc) is 2.53. The maximum Gasteiger partial charge on any atom is 0.410 e. The Balaban J connectivity index is 3.11. The van der Waals surface area contributed by atoms with Gasteiger partial charge in [0.25, 0.3) is 0 Å². The third-order valence-electron chi connectivity index (χ3n) is 4.51. The Bertz CT molecular complexity index is 573. The van der Waals surface area contributed by atoms with Gasteiger partial charge in [-0.2, -0.15) is 0 Å². The minimum Gasteiger partial charge on any atom is -0.465 e. The Kier molecular flexibility index (Phi) is 8.19. The number of amides is 1. The summed E-state index contributed by atoms with van der Waals surface area (Å²) in [6.07, 6.45) is -0.378. The molecule has 1 saturated heterocycles. The number of ether oxygens (including phenoxy) is 3. The van der Waals surface area contributed by atoms with E-state index < -0.39 is 46.4 Å². The van der Waals surface area contributed by atoms with Crippen LogP contribution in [0.15, 0.2) is 0 Å². The first-order valence-electron chi connectivity index (χ1n) is 9.38. The molecule has 1 fully saturated rings. The summed E-state index contributed by atoms with van der Waals surface area (Å²) in [5, 5.41) is 11.3. The van der Waals surface area contributed by atoms with E-state index in [-0.39, 0.29) is 39.1 Å². The third-order valence-corrected chi connectivity index (χ3v) is 4.51. The van der Waals surface area contributed by atoms with E-state index in [9.17, 15) is 24.5 Å². The van der Waals surface area contributed by atoms with Gasteiger partial charge in [-0.3, -0.25) is 19.7 Å². The fourth-order valence-electron chi connectivity index (χ4n) is 3.30. The van der Waals surface area contributed by atoms with Gasteiger partial charge in [-0.05, 0) is 47.5 Å². The second kappa shape index (κ2) is 9.70. The maximum absolute atomic E-state index is 12.5. The number of rotatable bonds is 7. The second-order valence-corrected chi connectivity index (χ2v) is 7.76. The molecule has 10 nitrogen and oxygen atoms in total. The molecule has 1 aliphatic heterocycles. The van der Waals surface area contributed by atoms with Crippen molar-refractivity contribution in [2.75, 3.05) is 32.8 Å². The van der Waals surface area contributed by atoms with E-state index in [1.165, 1.54) is 4.90 Å². The lowest BCUT2D eigenvalue weighted by molar-refractivity contribution is -0.500. The van der Waals surface area contributed by atoms with Crippen molar-refractivity contribution in [3.63, 3.8) is 0 Å². The molecule has 1 aliphatic rings. The molecule has 0 aromatic heterocycles. The van der Waals surface area contributed by atoms with Gasteiger partial charge in [0, 0.05) is 18.0 Å². The van der Waals surface area contributed by atoms with Crippen LogP contribution >= 0.6 is 0 Å². The van der Waals surface area contributed by atoms with E-state index in [0.29, 0.717) is 0 Å². The van der Waals surface area contributed by atoms with Gasteiger partial charge in [0.05, 0.1) is 18.6 Å². The van der Waals surface area contributed by atoms with E-state index in [0.717, 1.165) is 0 Å². The summed E-state index contributed by atoms with van der Waals surface area (Å²) in [5.74, 6) is -3.10. The Labute approximate surface area is 164 Å². The third kappa shape index (κ3) is 6.35. The predicted molar refractivity (Wildman–Crippen MR) is 98.1 cm³/mol. The molecular weight excluding hydrogens is 372 g/mol. The summed E-state index contributed by atoms with van der Waals surface area (Å²) in [4.78, 5) is 49.5. The molecule has 1 heterocycles. The molecule has 0 aromatic carbocycles. The molecule has 0 saturated carbocycles. The van der Waals surface area contributed by atoms with Crippen molar-refractivity contribution in [1.82, 2.24) is 4.90 Å². The summed E-state index contributed by atoms with van der Waals surface area (Å²) in [7, 11) is 0. The van der Waals surface area contributed by atoms with Crippen molar-refractivity contribution in [3.05, 3.63) is 10.1 Å². The number of carbonyl (C=O) groups excluding carboxylic acids is 3. The van der Waals surface area contributed by atoms with Crippen molar-refractivity contribution >= 4 is 18.0 Å². The maximum atomic E-state index is 12.5. The Morgan fingerprint density at radius 3 is 1.89 bits per heavy atom. The van der Waals surface area contributed by atoms with Crippen molar-refractivity contribution < 1.29 is 33.5 Å². The molecule has 28 heavy (non-hydrogen) atoms. The largest absolute Gasteiger partial charge is 0.465 e. The highest BCUT2D eigenvalue weighted by atomic mass is 16.6. The summed E-state index contributed by atoms with van der Waals surface area (Å²) in [5.41, 5.74) is -1.97. The normalized spacial score (nSPS) is 16.4. The molecule has 0 bridgehead atoms. The Morgan fingerprint density at radius 1 is 1.07 bits per heavy atom. The first-order chi connectivity index (χ1) is 13.0. The Morgan fingerprint density at radius 2 is 1.54 bits per heavy atom. The van der Waals surface area contributed by atoms with Crippen molar-refractivity contribution in [1.29, 1.82) is 0 Å². The first kappa shape index (κ1) is 23.6. The lowest BCUT2D eigenvalue weighted by Crippen LogP contribution is -2.54. The molecule has 0 unspecified atom stereocenters. The second-order valence-electron chi connectivity index (χ2n) is 7.76. The van der Waals surface area contributed by atoms with Crippen LogP contribution in [0.25, 0.3) is 0 Å². The van der Waals surface area contributed by atoms with E-state index in [2.05, 4.69) is 0 Å². The van der Waals surface area contributed by atoms with Crippen LogP contribution in [0.4, 0.5) is 4.79 Å². The molecule has 0 aromatic rings. The fourth-order valence-corrected chi connectivity index (χ4v) is 3.30. The fraction of sp³-hybridized carbons (Fsp3) is 0.833. The minimum absolute atomic E-state index is 0.0350. The highest BCUT2D eigenvalue weighted by molar-refractivity contribution is 5.96. The topological polar surface area (TPSA) is 125 Å². The SMILES string of the molecule is CCOC(=O)C(C(=O)OCC)C1(C[N+](=O)[O-])CCN(C(=O)OC(C)(C)C)CC1. The molecule has 1 rings (SSSR count). The lowest BCUT2D eigenvalue weighted by atomic mass is 9.68. The van der Waals surface area contributed by atoms with Crippen LogP contribution in [0.3, 0.4) is 0 Å². The van der Waals surface area contributed by atoms with Gasteiger partial charge in [-0.1, -0.05) is 0 Å². The van der Waals surface area contributed by atoms with Gasteiger partial charge in [-0.25, -0.2) is 4.79 Å². The molecule has 1 amide bonds. The molecule has 160 valence electrons. The van der Waals surface area contributed by atoms with Crippen LogP contribution in [-0.2, 0) is 23.8 Å². The number of piperidine rings is 1.